The molecule has 0 N–H and O–H groups in total. The van der Waals surface area contributed by atoms with Crippen LogP contribution in [-0.4, -0.2) is 36.0 Å². The third-order valence-corrected chi connectivity index (χ3v) is 7.44. The largest absolute Gasteiger partial charge is 0.462 e. The van der Waals surface area contributed by atoms with E-state index in [0.29, 0.717) is 31.7 Å². The van der Waals surface area contributed by atoms with E-state index >= 15 is 0 Å². The van der Waals surface area contributed by atoms with E-state index in [9.17, 15) is 12.8 Å². The van der Waals surface area contributed by atoms with E-state index < -0.39 is 15.8 Å². The molecule has 6 nitrogen and oxygen atoms in total. The fourth-order valence-corrected chi connectivity index (χ4v) is 5.45. The van der Waals surface area contributed by atoms with Gasteiger partial charge < -0.3 is 4.42 Å². The van der Waals surface area contributed by atoms with E-state index in [1.807, 2.05) is 6.07 Å². The van der Waals surface area contributed by atoms with Crippen LogP contribution in [-0.2, 0) is 10.0 Å². The number of benzene rings is 1. The lowest BCUT2D eigenvalue weighted by Gasteiger charge is -2.30. The van der Waals surface area contributed by atoms with Crippen LogP contribution in [0.5, 0.6) is 0 Å². The Labute approximate surface area is 154 Å². The second kappa shape index (κ2) is 6.90. The molecular weight excluding hydrogens is 377 g/mol. The molecule has 0 unspecified atom stereocenters. The standard InChI is InChI=1S/C17H16FN3O3S2/c18-13-3-5-14(6-4-13)26(22,23)21-9-7-12(8-10-21)16-19-20-17(25-16)15-2-1-11-24-15/h1-6,11-12H,7-10H2. The van der Waals surface area contributed by atoms with E-state index in [2.05, 4.69) is 10.2 Å². The molecule has 3 heterocycles. The molecule has 1 saturated heterocycles. The Kier molecular flexibility index (Phi) is 4.60. The maximum absolute atomic E-state index is 13.0. The second-order valence-corrected chi connectivity index (χ2v) is 9.00. The third-order valence-electron chi connectivity index (χ3n) is 4.43. The lowest BCUT2D eigenvalue weighted by molar-refractivity contribution is 0.318. The molecule has 1 fully saturated rings. The average Bonchev–Trinajstić information content (AvgIpc) is 3.34. The summed E-state index contributed by atoms with van der Waals surface area (Å²) in [6.45, 7) is 0.806. The maximum atomic E-state index is 13.0. The minimum Gasteiger partial charge on any atom is -0.462 e. The number of sulfonamides is 1. The van der Waals surface area contributed by atoms with Crippen molar-refractivity contribution in [3.8, 4) is 10.8 Å². The van der Waals surface area contributed by atoms with Crippen molar-refractivity contribution in [2.24, 2.45) is 0 Å². The zero-order chi connectivity index (χ0) is 18.1. The fourth-order valence-electron chi connectivity index (χ4n) is 3.00. The molecule has 0 saturated carbocycles. The van der Waals surface area contributed by atoms with E-state index in [4.69, 9.17) is 4.42 Å². The van der Waals surface area contributed by atoms with Crippen LogP contribution in [0.1, 0.15) is 23.8 Å². The minimum absolute atomic E-state index is 0.119. The van der Waals surface area contributed by atoms with Gasteiger partial charge in [-0.3, -0.25) is 0 Å². The van der Waals surface area contributed by atoms with Gasteiger partial charge in [0.25, 0.3) is 0 Å². The first-order chi connectivity index (χ1) is 12.5. The summed E-state index contributed by atoms with van der Waals surface area (Å²) in [7, 11) is -3.60. The number of rotatable bonds is 4. The Morgan fingerprint density at radius 2 is 1.85 bits per heavy atom. The fraction of sp³-hybridized carbons (Fsp3) is 0.294. The van der Waals surface area contributed by atoms with Crippen LogP contribution >= 0.6 is 11.3 Å². The molecule has 0 atom stereocenters. The molecule has 0 spiro atoms. The predicted octanol–water partition coefficient (Wildman–Crippen LogP) is 3.51. The number of nitrogens with zero attached hydrogens (tertiary/aromatic N) is 3. The van der Waals surface area contributed by atoms with Gasteiger partial charge in [-0.05, 0) is 49.2 Å². The first-order valence-electron chi connectivity index (χ1n) is 8.17. The van der Waals surface area contributed by atoms with Gasteiger partial charge in [-0.2, -0.15) is 4.31 Å². The number of piperidine rings is 1. The van der Waals surface area contributed by atoms with Crippen LogP contribution < -0.4 is 0 Å². The van der Waals surface area contributed by atoms with Gasteiger partial charge in [-0.1, -0.05) is 11.3 Å². The molecule has 0 aliphatic carbocycles. The lowest BCUT2D eigenvalue weighted by Crippen LogP contribution is -2.37. The van der Waals surface area contributed by atoms with Crippen LogP contribution in [0, 0.1) is 5.82 Å². The normalized spacial score (nSPS) is 16.8. The van der Waals surface area contributed by atoms with Crippen LogP contribution in [0.2, 0.25) is 0 Å². The van der Waals surface area contributed by atoms with Crippen molar-refractivity contribution in [2.45, 2.75) is 23.7 Å². The van der Waals surface area contributed by atoms with Gasteiger partial charge in [0.05, 0.1) is 11.2 Å². The number of furan rings is 1. The van der Waals surface area contributed by atoms with Gasteiger partial charge in [-0.25, -0.2) is 12.8 Å². The van der Waals surface area contributed by atoms with Gasteiger partial charge in [0.1, 0.15) is 10.8 Å². The third kappa shape index (κ3) is 3.29. The van der Waals surface area contributed by atoms with E-state index in [0.717, 1.165) is 22.1 Å². The quantitative estimate of drug-likeness (QED) is 0.678. The minimum atomic E-state index is -3.60. The molecule has 0 amide bonds. The summed E-state index contributed by atoms with van der Waals surface area (Å²) >= 11 is 1.48. The van der Waals surface area contributed by atoms with Gasteiger partial charge in [-0.15, -0.1) is 10.2 Å². The molecule has 0 bridgehead atoms. The molecule has 0 radical (unpaired) electrons. The van der Waals surface area contributed by atoms with Crippen molar-refractivity contribution in [3.05, 3.63) is 53.5 Å². The number of hydrogen-bond donors (Lipinski definition) is 0. The molecule has 136 valence electrons. The SMILES string of the molecule is O=S(=O)(c1ccc(F)cc1)N1CCC(c2nnc(-c3ccco3)s2)CC1. The van der Waals surface area contributed by atoms with Gasteiger partial charge in [0, 0.05) is 19.0 Å². The highest BCUT2D eigenvalue weighted by Gasteiger charge is 2.31. The summed E-state index contributed by atoms with van der Waals surface area (Å²) in [4.78, 5) is 0.119. The highest BCUT2D eigenvalue weighted by atomic mass is 32.2. The summed E-state index contributed by atoms with van der Waals surface area (Å²) < 4.78 is 45.1. The van der Waals surface area contributed by atoms with Crippen molar-refractivity contribution in [1.29, 1.82) is 0 Å². The molecule has 4 rings (SSSR count). The molecule has 1 aliphatic rings. The van der Waals surface area contributed by atoms with Crippen LogP contribution in [0.3, 0.4) is 0 Å². The van der Waals surface area contributed by atoms with Crippen molar-refractivity contribution < 1.29 is 17.2 Å². The first kappa shape index (κ1) is 17.3. The Morgan fingerprint density at radius 3 is 2.50 bits per heavy atom. The Morgan fingerprint density at radius 1 is 1.12 bits per heavy atom. The molecule has 3 aromatic rings. The van der Waals surface area contributed by atoms with Gasteiger partial charge in [0.15, 0.2) is 10.8 Å². The van der Waals surface area contributed by atoms with E-state index in [-0.39, 0.29) is 10.8 Å². The van der Waals surface area contributed by atoms with Crippen molar-refractivity contribution in [1.82, 2.24) is 14.5 Å². The highest BCUT2D eigenvalue weighted by molar-refractivity contribution is 7.89. The average molecular weight is 393 g/mol. The molecule has 26 heavy (non-hydrogen) atoms. The molecule has 2 aromatic heterocycles. The summed E-state index contributed by atoms with van der Waals surface area (Å²) in [5.74, 6) is 0.409. The summed E-state index contributed by atoms with van der Waals surface area (Å²) in [5.41, 5.74) is 0. The maximum Gasteiger partial charge on any atom is 0.243 e. The van der Waals surface area contributed by atoms with E-state index in [1.54, 1.807) is 12.3 Å². The number of halogens is 1. The monoisotopic (exact) mass is 393 g/mol. The zero-order valence-corrected chi connectivity index (χ0v) is 15.3. The molecule has 1 aromatic carbocycles. The van der Waals surface area contributed by atoms with Crippen LogP contribution in [0.25, 0.3) is 10.8 Å². The van der Waals surface area contributed by atoms with Gasteiger partial charge in [0.2, 0.25) is 10.0 Å². The molecular formula is C17H16FN3O3S2. The lowest BCUT2D eigenvalue weighted by atomic mass is 9.99. The summed E-state index contributed by atoms with van der Waals surface area (Å²) in [6, 6.07) is 8.57. The molecule has 9 heteroatoms. The summed E-state index contributed by atoms with van der Waals surface area (Å²) in [6.07, 6.45) is 2.94. The topological polar surface area (TPSA) is 76.3 Å². The Bertz CT molecular complexity index is 977. The second-order valence-electron chi connectivity index (χ2n) is 6.06. The number of aromatic nitrogens is 2. The smallest absolute Gasteiger partial charge is 0.243 e. The highest BCUT2D eigenvalue weighted by Crippen LogP contribution is 2.34. The Hall–Kier alpha value is -2.10. The van der Waals surface area contributed by atoms with Crippen molar-refractivity contribution in [2.75, 3.05) is 13.1 Å². The predicted molar refractivity (Wildman–Crippen MR) is 94.7 cm³/mol. The van der Waals surface area contributed by atoms with Crippen molar-refractivity contribution >= 4 is 21.4 Å². The number of hydrogen-bond acceptors (Lipinski definition) is 6. The van der Waals surface area contributed by atoms with E-state index in [1.165, 1.54) is 27.8 Å². The zero-order valence-electron chi connectivity index (χ0n) is 13.7. The molecule has 1 aliphatic heterocycles. The van der Waals surface area contributed by atoms with Crippen LogP contribution in [0.4, 0.5) is 4.39 Å². The van der Waals surface area contributed by atoms with Crippen molar-refractivity contribution in [3.63, 3.8) is 0 Å². The van der Waals surface area contributed by atoms with Crippen LogP contribution in [0.15, 0.2) is 52.0 Å². The summed E-state index contributed by atoms with van der Waals surface area (Å²) in [5, 5.41) is 10.0. The van der Waals surface area contributed by atoms with Gasteiger partial charge >= 0.3 is 0 Å². The Balaban J connectivity index is 1.45. The first-order valence-corrected chi connectivity index (χ1v) is 10.4.